The summed E-state index contributed by atoms with van der Waals surface area (Å²) in [6.45, 7) is 4.24. The molecule has 0 radical (unpaired) electrons. The van der Waals surface area contributed by atoms with Gasteiger partial charge < -0.3 is 19.5 Å². The molecule has 1 atom stereocenters. The number of carbonyl (C=O) groups excluding carboxylic acids is 1. The number of hydrogen-bond donors (Lipinski definition) is 1. The van der Waals surface area contributed by atoms with Gasteiger partial charge >= 0.3 is 0 Å². The Kier molecular flexibility index (Phi) is 5.35. The van der Waals surface area contributed by atoms with Crippen LogP contribution in [-0.4, -0.2) is 69.7 Å². The van der Waals surface area contributed by atoms with Gasteiger partial charge in [-0.3, -0.25) is 14.4 Å². The maximum Gasteiger partial charge on any atom is 0.231 e. The van der Waals surface area contributed by atoms with Crippen molar-refractivity contribution in [3.05, 3.63) is 41.7 Å². The van der Waals surface area contributed by atoms with E-state index in [2.05, 4.69) is 16.2 Å². The van der Waals surface area contributed by atoms with Crippen LogP contribution in [0.2, 0.25) is 0 Å². The minimum atomic E-state index is -0.459. The van der Waals surface area contributed by atoms with Crippen LogP contribution in [0, 0.1) is 5.41 Å². The summed E-state index contributed by atoms with van der Waals surface area (Å²) in [7, 11) is 1.94. The monoisotopic (exact) mass is 426 g/mol. The Hall–Kier alpha value is -2.58. The van der Waals surface area contributed by atoms with E-state index in [9.17, 15) is 9.90 Å². The molecule has 166 valence electrons. The molecule has 1 unspecified atom stereocenters. The number of benzene rings is 1. The molecule has 4 heterocycles. The Balaban J connectivity index is 1.20. The summed E-state index contributed by atoms with van der Waals surface area (Å²) in [5.41, 5.74) is 2.14. The van der Waals surface area contributed by atoms with Crippen LogP contribution in [0.4, 0.5) is 0 Å². The second kappa shape index (κ2) is 8.16. The molecule has 1 aromatic carbocycles. The van der Waals surface area contributed by atoms with Crippen LogP contribution < -0.4 is 9.47 Å². The third-order valence-electron chi connectivity index (χ3n) is 6.85. The van der Waals surface area contributed by atoms with E-state index in [1.807, 2.05) is 41.0 Å². The maximum atomic E-state index is 13.1. The molecule has 0 bridgehead atoms. The molecule has 2 saturated heterocycles. The number of rotatable bonds is 4. The summed E-state index contributed by atoms with van der Waals surface area (Å²) in [5.74, 6) is 1.48. The minimum Gasteiger partial charge on any atom is -0.454 e. The molecule has 31 heavy (non-hydrogen) atoms. The molecule has 3 aliphatic heterocycles. The first-order chi connectivity index (χ1) is 15.0. The molecule has 8 heteroatoms. The molecule has 3 aliphatic rings. The number of fused-ring (bicyclic) bond motifs is 1. The highest BCUT2D eigenvalue weighted by Gasteiger charge is 2.42. The molecular weight excluding hydrogens is 396 g/mol. The smallest absolute Gasteiger partial charge is 0.231 e. The standard InChI is InChI=1S/C23H30N4O4/c1-25-12-18(11-24-25)13-26-6-4-23(5-7-26)10-19(28)14-27(15-23)22(29)9-17-2-3-20-21(8-17)31-16-30-20/h2-3,8,11-12,19,28H,4-7,9-10,13-16H2,1H3. The Morgan fingerprint density at radius 1 is 1.23 bits per heavy atom. The van der Waals surface area contributed by atoms with E-state index in [-0.39, 0.29) is 18.1 Å². The average Bonchev–Trinajstić information content (AvgIpc) is 3.37. The number of aliphatic hydroxyl groups is 1. The SMILES string of the molecule is Cn1cc(CN2CCC3(CC2)CC(O)CN(C(=O)Cc2ccc4c(c2)OCO4)C3)cn1. The van der Waals surface area contributed by atoms with E-state index >= 15 is 0 Å². The minimum absolute atomic E-state index is 0.00759. The lowest BCUT2D eigenvalue weighted by Gasteiger charge is -2.49. The first kappa shape index (κ1) is 20.3. The van der Waals surface area contributed by atoms with Crippen molar-refractivity contribution in [2.45, 2.75) is 38.3 Å². The predicted molar refractivity (Wildman–Crippen MR) is 114 cm³/mol. The number of ether oxygens (including phenoxy) is 2. The highest BCUT2D eigenvalue weighted by molar-refractivity contribution is 5.79. The van der Waals surface area contributed by atoms with Crippen LogP contribution >= 0.6 is 0 Å². The molecular formula is C23H30N4O4. The maximum absolute atomic E-state index is 13.1. The van der Waals surface area contributed by atoms with E-state index in [4.69, 9.17) is 9.47 Å². The zero-order chi connectivity index (χ0) is 21.4. The van der Waals surface area contributed by atoms with Crippen molar-refractivity contribution in [2.75, 3.05) is 33.0 Å². The number of carbonyl (C=O) groups is 1. The van der Waals surface area contributed by atoms with Crippen molar-refractivity contribution in [1.82, 2.24) is 19.6 Å². The number of nitrogens with zero attached hydrogens (tertiary/aromatic N) is 4. The van der Waals surface area contributed by atoms with Gasteiger partial charge in [0.1, 0.15) is 0 Å². The van der Waals surface area contributed by atoms with Gasteiger partial charge in [0, 0.05) is 38.4 Å². The fourth-order valence-electron chi connectivity index (χ4n) is 5.24. The lowest BCUT2D eigenvalue weighted by molar-refractivity contribution is -0.139. The van der Waals surface area contributed by atoms with Crippen LogP contribution in [0.3, 0.4) is 0 Å². The quantitative estimate of drug-likeness (QED) is 0.800. The normalized spacial score (nSPS) is 22.8. The topological polar surface area (TPSA) is 80.1 Å². The van der Waals surface area contributed by atoms with Crippen molar-refractivity contribution in [3.63, 3.8) is 0 Å². The summed E-state index contributed by atoms with van der Waals surface area (Å²) < 4.78 is 12.6. The summed E-state index contributed by atoms with van der Waals surface area (Å²) in [5, 5.41) is 14.8. The van der Waals surface area contributed by atoms with E-state index in [0.717, 1.165) is 56.8 Å². The zero-order valence-electron chi connectivity index (χ0n) is 18.0. The number of β-amino-alcohol motifs (C(OH)–C–C–N with tert-alkyl or cyclic N) is 1. The van der Waals surface area contributed by atoms with Gasteiger partial charge in [0.05, 0.1) is 18.7 Å². The third-order valence-corrected chi connectivity index (χ3v) is 6.85. The summed E-state index contributed by atoms with van der Waals surface area (Å²) >= 11 is 0. The molecule has 1 aromatic heterocycles. The fourth-order valence-corrected chi connectivity index (χ4v) is 5.24. The number of amides is 1. The number of aromatic nitrogens is 2. The van der Waals surface area contributed by atoms with Gasteiger partial charge in [-0.1, -0.05) is 6.07 Å². The highest BCUT2D eigenvalue weighted by atomic mass is 16.7. The number of aliphatic hydroxyl groups excluding tert-OH is 1. The lowest BCUT2D eigenvalue weighted by atomic mass is 9.71. The largest absolute Gasteiger partial charge is 0.454 e. The summed E-state index contributed by atoms with van der Waals surface area (Å²) in [6, 6.07) is 5.65. The van der Waals surface area contributed by atoms with Crippen LogP contribution in [0.15, 0.2) is 30.6 Å². The van der Waals surface area contributed by atoms with E-state index in [1.54, 1.807) is 0 Å². The highest BCUT2D eigenvalue weighted by Crippen LogP contribution is 2.40. The van der Waals surface area contributed by atoms with Gasteiger partial charge in [0.15, 0.2) is 11.5 Å². The molecule has 1 N–H and O–H groups in total. The molecule has 2 aromatic rings. The molecule has 2 fully saturated rings. The molecule has 8 nitrogen and oxygen atoms in total. The first-order valence-electron chi connectivity index (χ1n) is 11.0. The van der Waals surface area contributed by atoms with Crippen molar-refractivity contribution in [3.8, 4) is 11.5 Å². The number of aryl methyl sites for hydroxylation is 1. The molecule has 0 aliphatic carbocycles. The van der Waals surface area contributed by atoms with E-state index in [1.165, 1.54) is 5.56 Å². The third kappa shape index (κ3) is 4.41. The van der Waals surface area contributed by atoms with Crippen molar-refractivity contribution >= 4 is 5.91 Å². The van der Waals surface area contributed by atoms with Gasteiger partial charge in [-0.25, -0.2) is 0 Å². The first-order valence-corrected chi connectivity index (χ1v) is 11.0. The van der Waals surface area contributed by atoms with Gasteiger partial charge in [0.25, 0.3) is 0 Å². The van der Waals surface area contributed by atoms with Gasteiger partial charge in [0.2, 0.25) is 12.7 Å². The number of hydrogen-bond acceptors (Lipinski definition) is 6. The summed E-state index contributed by atoms with van der Waals surface area (Å²) in [4.78, 5) is 17.4. The van der Waals surface area contributed by atoms with Gasteiger partial charge in [-0.05, 0) is 55.5 Å². The Bertz CT molecular complexity index is 951. The van der Waals surface area contributed by atoms with E-state index in [0.29, 0.717) is 18.7 Å². The Morgan fingerprint density at radius 2 is 2.03 bits per heavy atom. The molecule has 0 saturated carbocycles. The van der Waals surface area contributed by atoms with Gasteiger partial charge in [-0.2, -0.15) is 5.10 Å². The second-order valence-corrected chi connectivity index (χ2v) is 9.29. The second-order valence-electron chi connectivity index (χ2n) is 9.29. The Labute approximate surface area is 182 Å². The molecule has 5 rings (SSSR count). The lowest BCUT2D eigenvalue weighted by Crippen LogP contribution is -2.55. The van der Waals surface area contributed by atoms with Crippen LogP contribution in [0.25, 0.3) is 0 Å². The summed E-state index contributed by atoms with van der Waals surface area (Å²) in [6.07, 6.45) is 6.61. The van der Waals surface area contributed by atoms with E-state index < -0.39 is 6.10 Å². The Morgan fingerprint density at radius 3 is 2.81 bits per heavy atom. The zero-order valence-corrected chi connectivity index (χ0v) is 18.0. The fraction of sp³-hybridized carbons (Fsp3) is 0.565. The van der Waals surface area contributed by atoms with Crippen LogP contribution in [-0.2, 0) is 24.8 Å². The van der Waals surface area contributed by atoms with Crippen LogP contribution in [0.5, 0.6) is 11.5 Å². The van der Waals surface area contributed by atoms with Crippen molar-refractivity contribution in [2.24, 2.45) is 12.5 Å². The van der Waals surface area contributed by atoms with Crippen LogP contribution in [0.1, 0.15) is 30.4 Å². The number of likely N-dealkylation sites (tertiary alicyclic amines) is 2. The molecule has 1 amide bonds. The van der Waals surface area contributed by atoms with Crippen molar-refractivity contribution < 1.29 is 19.4 Å². The van der Waals surface area contributed by atoms with Crippen molar-refractivity contribution in [1.29, 1.82) is 0 Å². The predicted octanol–water partition coefficient (Wildman–Crippen LogP) is 1.57. The molecule has 1 spiro atoms. The van der Waals surface area contributed by atoms with Gasteiger partial charge in [-0.15, -0.1) is 0 Å². The number of piperidine rings is 2. The average molecular weight is 427 g/mol.